The molecule has 0 amide bonds. The molecule has 0 unspecified atom stereocenters. The summed E-state index contributed by atoms with van der Waals surface area (Å²) in [5.74, 6) is 1.08. The molecule has 3 heterocycles. The van der Waals surface area contributed by atoms with E-state index in [2.05, 4.69) is 28.7 Å². The van der Waals surface area contributed by atoms with Crippen LogP contribution in [0.1, 0.15) is 19.5 Å². The van der Waals surface area contributed by atoms with Crippen molar-refractivity contribution >= 4 is 22.5 Å². The van der Waals surface area contributed by atoms with Crippen LogP contribution in [-0.4, -0.2) is 45.7 Å². The number of fused-ring (bicyclic) bond motifs is 1. The first-order valence-corrected chi connectivity index (χ1v) is 11.7. The molecule has 0 saturated carbocycles. The van der Waals surface area contributed by atoms with Gasteiger partial charge in [0.2, 0.25) is 5.88 Å². The summed E-state index contributed by atoms with van der Waals surface area (Å²) in [6.45, 7) is 7.99. The number of likely N-dealkylation sites (N-methyl/N-ethyl adjacent to an activating group) is 1. The van der Waals surface area contributed by atoms with Gasteiger partial charge in [-0.05, 0) is 55.6 Å². The van der Waals surface area contributed by atoms with Crippen molar-refractivity contribution in [3.8, 4) is 17.3 Å². The van der Waals surface area contributed by atoms with Gasteiger partial charge in [0, 0.05) is 42.1 Å². The zero-order chi connectivity index (χ0) is 23.9. The first-order valence-electron chi connectivity index (χ1n) is 11.3. The minimum absolute atomic E-state index is 0.190. The minimum atomic E-state index is -0.190. The van der Waals surface area contributed by atoms with Crippen LogP contribution in [0.2, 0.25) is 5.02 Å². The minimum Gasteiger partial charge on any atom is -0.487 e. The Morgan fingerprint density at radius 1 is 1.00 bits per heavy atom. The Morgan fingerprint density at radius 2 is 1.85 bits per heavy atom. The molecule has 1 aromatic carbocycles. The Morgan fingerprint density at radius 3 is 2.59 bits per heavy atom. The van der Waals surface area contributed by atoms with Crippen LogP contribution in [0.15, 0.2) is 71.8 Å². The van der Waals surface area contributed by atoms with E-state index in [0.717, 1.165) is 41.9 Å². The predicted octanol–water partition coefficient (Wildman–Crippen LogP) is 4.73. The van der Waals surface area contributed by atoms with Crippen molar-refractivity contribution in [1.82, 2.24) is 19.4 Å². The molecule has 3 aromatic heterocycles. The van der Waals surface area contributed by atoms with Crippen molar-refractivity contribution < 1.29 is 9.47 Å². The summed E-state index contributed by atoms with van der Waals surface area (Å²) >= 11 is 5.85. The molecule has 34 heavy (non-hydrogen) atoms. The molecular formula is C26H27ClN4O3. The van der Waals surface area contributed by atoms with Gasteiger partial charge in [0.15, 0.2) is 0 Å². The van der Waals surface area contributed by atoms with Gasteiger partial charge in [0.1, 0.15) is 19.0 Å². The van der Waals surface area contributed by atoms with E-state index in [1.165, 1.54) is 6.07 Å². The fourth-order valence-corrected chi connectivity index (χ4v) is 3.67. The maximum absolute atomic E-state index is 12.7. The van der Waals surface area contributed by atoms with Crippen LogP contribution >= 0.6 is 11.6 Å². The van der Waals surface area contributed by atoms with Crippen molar-refractivity contribution in [2.45, 2.75) is 20.5 Å². The van der Waals surface area contributed by atoms with Crippen molar-refractivity contribution in [1.29, 1.82) is 0 Å². The summed E-state index contributed by atoms with van der Waals surface area (Å²) < 4.78 is 13.1. The van der Waals surface area contributed by atoms with Crippen LogP contribution in [0.5, 0.6) is 11.6 Å². The van der Waals surface area contributed by atoms with Crippen LogP contribution in [0, 0.1) is 0 Å². The predicted molar refractivity (Wildman–Crippen MR) is 134 cm³/mol. The Kier molecular flexibility index (Phi) is 7.77. The molecule has 0 bridgehead atoms. The molecule has 7 nitrogen and oxygen atoms in total. The lowest BCUT2D eigenvalue weighted by Gasteiger charge is -2.17. The average Bonchev–Trinajstić information content (AvgIpc) is 2.86. The molecule has 0 saturated heterocycles. The molecule has 0 spiro atoms. The third-order valence-corrected chi connectivity index (χ3v) is 5.77. The number of rotatable bonds is 10. The van der Waals surface area contributed by atoms with Gasteiger partial charge in [-0.3, -0.25) is 14.3 Å². The van der Waals surface area contributed by atoms with Crippen LogP contribution in [0.4, 0.5) is 0 Å². The van der Waals surface area contributed by atoms with Gasteiger partial charge in [0.25, 0.3) is 5.56 Å². The van der Waals surface area contributed by atoms with Crippen molar-refractivity contribution in [3.63, 3.8) is 0 Å². The number of aromatic nitrogens is 3. The Bertz CT molecular complexity index is 1300. The van der Waals surface area contributed by atoms with Gasteiger partial charge in [-0.25, -0.2) is 4.98 Å². The zero-order valence-corrected chi connectivity index (χ0v) is 20.0. The SMILES string of the molecule is CCN(CC)CCOc1ccc2cc(-n3ccc(OCc4ccc(Cl)cn4)cc3=O)ccc2n1. The second kappa shape index (κ2) is 11.1. The maximum atomic E-state index is 12.7. The topological polar surface area (TPSA) is 69.5 Å². The summed E-state index contributed by atoms with van der Waals surface area (Å²) in [4.78, 5) is 23.8. The van der Waals surface area contributed by atoms with E-state index in [1.807, 2.05) is 30.3 Å². The van der Waals surface area contributed by atoms with Gasteiger partial charge in [-0.1, -0.05) is 25.4 Å². The molecule has 0 fully saturated rings. The van der Waals surface area contributed by atoms with E-state index in [4.69, 9.17) is 21.1 Å². The molecule has 0 N–H and O–H groups in total. The molecule has 0 aliphatic carbocycles. The molecule has 8 heteroatoms. The summed E-state index contributed by atoms with van der Waals surface area (Å²) in [5.41, 5.74) is 2.10. The highest BCUT2D eigenvalue weighted by Gasteiger charge is 2.07. The van der Waals surface area contributed by atoms with Gasteiger partial charge in [-0.2, -0.15) is 0 Å². The van der Waals surface area contributed by atoms with E-state index >= 15 is 0 Å². The van der Waals surface area contributed by atoms with E-state index in [0.29, 0.717) is 23.3 Å². The lowest BCUT2D eigenvalue weighted by atomic mass is 10.2. The Hall–Kier alpha value is -3.42. The normalized spacial score (nSPS) is 11.2. The summed E-state index contributed by atoms with van der Waals surface area (Å²) in [7, 11) is 0. The largest absolute Gasteiger partial charge is 0.487 e. The monoisotopic (exact) mass is 478 g/mol. The number of ether oxygens (including phenoxy) is 2. The maximum Gasteiger partial charge on any atom is 0.258 e. The molecular weight excluding hydrogens is 452 g/mol. The van der Waals surface area contributed by atoms with E-state index in [-0.39, 0.29) is 12.2 Å². The standard InChI is InChI=1S/C26H27ClN4O3/c1-3-30(4-2)13-14-33-25-10-5-19-15-22(8-9-24(19)29-25)31-12-11-23(16-26(31)32)34-18-21-7-6-20(27)17-28-21/h5-12,15-17H,3-4,13-14,18H2,1-2H3. The van der Waals surface area contributed by atoms with E-state index in [1.54, 1.807) is 35.2 Å². The molecule has 0 radical (unpaired) electrons. The van der Waals surface area contributed by atoms with Crippen LogP contribution in [0.3, 0.4) is 0 Å². The quantitative estimate of drug-likeness (QED) is 0.328. The van der Waals surface area contributed by atoms with Gasteiger partial charge < -0.3 is 14.4 Å². The molecule has 0 atom stereocenters. The highest BCUT2D eigenvalue weighted by atomic mass is 35.5. The average molecular weight is 479 g/mol. The third-order valence-electron chi connectivity index (χ3n) is 5.54. The highest BCUT2D eigenvalue weighted by molar-refractivity contribution is 6.30. The Balaban J connectivity index is 1.44. The van der Waals surface area contributed by atoms with Crippen LogP contribution < -0.4 is 15.0 Å². The second-order valence-corrected chi connectivity index (χ2v) is 8.17. The van der Waals surface area contributed by atoms with Crippen molar-refractivity contribution in [2.24, 2.45) is 0 Å². The highest BCUT2D eigenvalue weighted by Crippen LogP contribution is 2.20. The fraction of sp³-hybridized carbons (Fsp3) is 0.269. The fourth-order valence-electron chi connectivity index (χ4n) is 3.56. The van der Waals surface area contributed by atoms with Crippen LogP contribution in [-0.2, 0) is 6.61 Å². The van der Waals surface area contributed by atoms with Gasteiger partial charge in [0.05, 0.1) is 16.2 Å². The van der Waals surface area contributed by atoms with Gasteiger partial charge in [-0.15, -0.1) is 0 Å². The number of benzene rings is 1. The van der Waals surface area contributed by atoms with Crippen molar-refractivity contribution in [2.75, 3.05) is 26.2 Å². The number of pyridine rings is 3. The first-order chi connectivity index (χ1) is 16.6. The lowest BCUT2D eigenvalue weighted by Crippen LogP contribution is -2.28. The summed E-state index contributed by atoms with van der Waals surface area (Å²) in [6.07, 6.45) is 3.26. The molecule has 0 aliphatic heterocycles. The number of hydrogen-bond acceptors (Lipinski definition) is 6. The third kappa shape index (κ3) is 5.92. The van der Waals surface area contributed by atoms with Crippen molar-refractivity contribution in [3.05, 3.63) is 88.1 Å². The number of hydrogen-bond donors (Lipinski definition) is 0. The van der Waals surface area contributed by atoms with E-state index in [9.17, 15) is 4.79 Å². The summed E-state index contributed by atoms with van der Waals surface area (Å²) in [5, 5.41) is 1.49. The van der Waals surface area contributed by atoms with Crippen LogP contribution in [0.25, 0.3) is 16.6 Å². The molecule has 176 valence electrons. The number of halogens is 1. The summed E-state index contributed by atoms with van der Waals surface area (Å²) in [6, 6.07) is 16.3. The van der Waals surface area contributed by atoms with E-state index < -0.39 is 0 Å². The molecule has 0 aliphatic rings. The zero-order valence-electron chi connectivity index (χ0n) is 19.3. The smallest absolute Gasteiger partial charge is 0.258 e. The van der Waals surface area contributed by atoms with Gasteiger partial charge >= 0.3 is 0 Å². The second-order valence-electron chi connectivity index (χ2n) is 7.73. The number of nitrogens with zero attached hydrogens (tertiary/aromatic N) is 4. The lowest BCUT2D eigenvalue weighted by molar-refractivity contribution is 0.218. The molecule has 4 rings (SSSR count). The molecule has 4 aromatic rings. The first kappa shape index (κ1) is 23.7. The Labute approximate surface area is 203 Å².